The van der Waals surface area contributed by atoms with Crippen molar-refractivity contribution in [1.29, 1.82) is 5.26 Å². The molecule has 0 saturated carbocycles. The number of hydrogen-bond donors (Lipinski definition) is 2. The second-order valence-corrected chi connectivity index (χ2v) is 3.63. The molecule has 0 fully saturated rings. The van der Waals surface area contributed by atoms with Gasteiger partial charge in [-0.25, -0.2) is 4.68 Å². The van der Waals surface area contributed by atoms with Gasteiger partial charge in [-0.3, -0.25) is 5.43 Å². The van der Waals surface area contributed by atoms with Crippen LogP contribution < -0.4 is 11.2 Å². The van der Waals surface area contributed by atoms with Gasteiger partial charge in [0.25, 0.3) is 0 Å². The number of fused-ring (bicyclic) bond motifs is 1. The highest BCUT2D eigenvalue weighted by molar-refractivity contribution is 8.03. The lowest BCUT2D eigenvalue weighted by molar-refractivity contribution is 0.745. The van der Waals surface area contributed by atoms with Crippen LogP contribution in [0.1, 0.15) is 12.7 Å². The van der Waals surface area contributed by atoms with E-state index in [9.17, 15) is 0 Å². The molecule has 0 unspecified atom stereocenters. The first-order valence-electron chi connectivity index (χ1n) is 4.05. The Morgan fingerprint density at radius 1 is 1.64 bits per heavy atom. The lowest BCUT2D eigenvalue weighted by atomic mass is 10.5. The summed E-state index contributed by atoms with van der Waals surface area (Å²) >= 11 is 1.22. The van der Waals surface area contributed by atoms with Crippen molar-refractivity contribution in [1.82, 2.24) is 14.9 Å². The number of nitriles is 1. The largest absolute Gasteiger partial charge is 0.383 e. The van der Waals surface area contributed by atoms with Crippen molar-refractivity contribution in [2.75, 3.05) is 5.43 Å². The molecule has 6 nitrogen and oxygen atoms in total. The van der Waals surface area contributed by atoms with Gasteiger partial charge in [-0.1, -0.05) is 6.92 Å². The standard InChI is InChI=1S/C7H8N6S/c1-2-5-10-11-7-13(5)12-6(9)4(3-8)14-7/h12H,2,9H2,1H3. The molecule has 1 aliphatic rings. The van der Waals surface area contributed by atoms with Crippen LogP contribution in [-0.2, 0) is 6.42 Å². The van der Waals surface area contributed by atoms with Gasteiger partial charge in [0, 0.05) is 6.42 Å². The fourth-order valence-electron chi connectivity index (χ4n) is 1.11. The summed E-state index contributed by atoms with van der Waals surface area (Å²) in [4.78, 5) is 0.424. The van der Waals surface area contributed by atoms with Crippen LogP contribution in [0, 0.1) is 11.3 Å². The molecule has 72 valence electrons. The SMILES string of the molecule is CCc1nnc2n1NC(N)=C(C#N)S2. The predicted molar refractivity (Wildman–Crippen MR) is 51.4 cm³/mol. The Morgan fingerprint density at radius 2 is 2.43 bits per heavy atom. The summed E-state index contributed by atoms with van der Waals surface area (Å²) in [6.45, 7) is 1.98. The molecule has 7 heteroatoms. The molecule has 14 heavy (non-hydrogen) atoms. The highest BCUT2D eigenvalue weighted by Crippen LogP contribution is 2.29. The zero-order valence-corrected chi connectivity index (χ0v) is 8.30. The van der Waals surface area contributed by atoms with Crippen molar-refractivity contribution < 1.29 is 0 Å². The van der Waals surface area contributed by atoms with Gasteiger partial charge < -0.3 is 5.73 Å². The fraction of sp³-hybridized carbons (Fsp3) is 0.286. The number of rotatable bonds is 1. The highest BCUT2D eigenvalue weighted by Gasteiger charge is 2.20. The van der Waals surface area contributed by atoms with Crippen molar-refractivity contribution in [2.45, 2.75) is 18.5 Å². The fourth-order valence-corrected chi connectivity index (χ4v) is 1.82. The average Bonchev–Trinajstić information content (AvgIpc) is 2.58. The number of nitrogens with one attached hydrogen (secondary N) is 1. The van der Waals surface area contributed by atoms with E-state index in [4.69, 9.17) is 11.0 Å². The minimum absolute atomic E-state index is 0.347. The summed E-state index contributed by atoms with van der Waals surface area (Å²) in [6.07, 6.45) is 0.760. The molecular weight excluding hydrogens is 200 g/mol. The van der Waals surface area contributed by atoms with Crippen LogP contribution in [0.4, 0.5) is 0 Å². The van der Waals surface area contributed by atoms with Crippen molar-refractivity contribution in [3.63, 3.8) is 0 Å². The third-order valence-corrected chi connectivity index (χ3v) is 2.75. The van der Waals surface area contributed by atoms with E-state index in [0.717, 1.165) is 12.2 Å². The van der Waals surface area contributed by atoms with Gasteiger partial charge in [-0.2, -0.15) is 5.26 Å². The second kappa shape index (κ2) is 3.23. The minimum Gasteiger partial charge on any atom is -0.383 e. The lowest BCUT2D eigenvalue weighted by Crippen LogP contribution is -2.26. The van der Waals surface area contributed by atoms with Crippen molar-refractivity contribution in [2.24, 2.45) is 5.73 Å². The number of nitrogens with zero attached hydrogens (tertiary/aromatic N) is 4. The zero-order chi connectivity index (χ0) is 10.1. The summed E-state index contributed by atoms with van der Waals surface area (Å²) in [5.74, 6) is 1.15. The molecule has 1 aromatic rings. The van der Waals surface area contributed by atoms with Crippen molar-refractivity contribution >= 4 is 11.8 Å². The summed E-state index contributed by atoms with van der Waals surface area (Å²) in [5.41, 5.74) is 8.50. The van der Waals surface area contributed by atoms with Crippen LogP contribution in [-0.4, -0.2) is 14.9 Å². The molecule has 2 heterocycles. The molecule has 0 spiro atoms. The van der Waals surface area contributed by atoms with E-state index >= 15 is 0 Å². The first-order chi connectivity index (χ1) is 6.76. The van der Waals surface area contributed by atoms with Crippen LogP contribution in [0.3, 0.4) is 0 Å². The maximum atomic E-state index is 8.74. The van der Waals surface area contributed by atoms with Crippen LogP contribution in [0.15, 0.2) is 15.9 Å². The first kappa shape index (κ1) is 8.90. The van der Waals surface area contributed by atoms with Crippen LogP contribution >= 0.6 is 11.8 Å². The number of aromatic nitrogens is 3. The van der Waals surface area contributed by atoms with Crippen LogP contribution in [0.2, 0.25) is 0 Å². The molecule has 0 aliphatic carbocycles. The Balaban J connectivity index is 2.41. The molecule has 0 bridgehead atoms. The Labute approximate surface area is 84.8 Å². The van der Waals surface area contributed by atoms with E-state index in [1.165, 1.54) is 11.8 Å². The topological polar surface area (TPSA) is 92.6 Å². The van der Waals surface area contributed by atoms with Gasteiger partial charge in [-0.15, -0.1) is 10.2 Å². The average molecular weight is 208 g/mol. The summed E-state index contributed by atoms with van der Waals surface area (Å²) in [7, 11) is 0. The molecule has 2 rings (SSSR count). The van der Waals surface area contributed by atoms with Gasteiger partial charge in [0.05, 0.1) is 0 Å². The van der Waals surface area contributed by atoms with Gasteiger partial charge in [0.15, 0.2) is 5.82 Å². The molecule has 0 saturated heterocycles. The smallest absolute Gasteiger partial charge is 0.215 e. The van der Waals surface area contributed by atoms with Gasteiger partial charge in [0.2, 0.25) is 5.16 Å². The van der Waals surface area contributed by atoms with E-state index in [0.29, 0.717) is 15.9 Å². The molecule has 0 amide bonds. The maximum Gasteiger partial charge on any atom is 0.215 e. The monoisotopic (exact) mass is 208 g/mol. The van der Waals surface area contributed by atoms with E-state index < -0.39 is 0 Å². The van der Waals surface area contributed by atoms with Gasteiger partial charge in [0.1, 0.15) is 16.8 Å². The number of allylic oxidation sites excluding steroid dienone is 1. The van der Waals surface area contributed by atoms with Gasteiger partial charge >= 0.3 is 0 Å². The normalized spacial score (nSPS) is 14.6. The highest BCUT2D eigenvalue weighted by atomic mass is 32.2. The Bertz CT molecular complexity index is 440. The minimum atomic E-state index is 0.347. The molecule has 0 aromatic carbocycles. The summed E-state index contributed by atoms with van der Waals surface area (Å²) in [5, 5.41) is 17.3. The summed E-state index contributed by atoms with van der Waals surface area (Å²) < 4.78 is 1.70. The van der Waals surface area contributed by atoms with E-state index in [-0.39, 0.29) is 0 Å². The van der Waals surface area contributed by atoms with E-state index in [1.807, 2.05) is 13.0 Å². The molecule has 3 N–H and O–H groups in total. The number of thioether (sulfide) groups is 1. The van der Waals surface area contributed by atoms with Crippen molar-refractivity contribution in [3.8, 4) is 6.07 Å². The van der Waals surface area contributed by atoms with Crippen LogP contribution in [0.5, 0.6) is 0 Å². The van der Waals surface area contributed by atoms with Gasteiger partial charge in [-0.05, 0) is 11.8 Å². The molecule has 0 atom stereocenters. The lowest BCUT2D eigenvalue weighted by Gasteiger charge is -2.16. The third-order valence-electron chi connectivity index (χ3n) is 1.79. The Kier molecular flexibility index (Phi) is 2.05. The molecule has 0 radical (unpaired) electrons. The molecular formula is C7H8N6S. The summed E-state index contributed by atoms with van der Waals surface area (Å²) in [6, 6.07) is 2.00. The number of aryl methyl sites for hydroxylation is 1. The predicted octanol–water partition coefficient (Wildman–Crippen LogP) is 0.141. The van der Waals surface area contributed by atoms with E-state index in [2.05, 4.69) is 15.6 Å². The maximum absolute atomic E-state index is 8.74. The Hall–Kier alpha value is -1.68. The number of hydrogen-bond acceptors (Lipinski definition) is 6. The third kappa shape index (κ3) is 1.20. The first-order valence-corrected chi connectivity index (χ1v) is 4.87. The molecule has 1 aromatic heterocycles. The quantitative estimate of drug-likeness (QED) is 0.682. The number of nitrogens with two attached hydrogens (primary N) is 1. The molecule has 1 aliphatic heterocycles. The van der Waals surface area contributed by atoms with Crippen LogP contribution in [0.25, 0.3) is 0 Å². The second-order valence-electron chi connectivity index (χ2n) is 2.66. The van der Waals surface area contributed by atoms with Crippen molar-refractivity contribution in [3.05, 3.63) is 16.6 Å². The zero-order valence-electron chi connectivity index (χ0n) is 7.48. The Morgan fingerprint density at radius 3 is 3.07 bits per heavy atom. The van der Waals surface area contributed by atoms with E-state index in [1.54, 1.807) is 4.68 Å².